The first-order valence-electron chi connectivity index (χ1n) is 9.02. The first-order valence-corrected chi connectivity index (χ1v) is 10.6. The highest BCUT2D eigenvalue weighted by Gasteiger charge is 2.10. The smallest absolute Gasteiger partial charge is 0.308 e. The van der Waals surface area contributed by atoms with Crippen molar-refractivity contribution >= 4 is 79.0 Å². The molecule has 4 aromatic rings. The molecule has 0 radical (unpaired) electrons. The molecule has 0 atom stereocenters. The van der Waals surface area contributed by atoms with E-state index in [9.17, 15) is 9.59 Å². The number of urea groups is 2. The van der Waals surface area contributed by atoms with Gasteiger partial charge in [-0.2, -0.15) is 0 Å². The lowest BCUT2D eigenvalue weighted by atomic mass is 10.3. The Morgan fingerprint density at radius 2 is 1.16 bits per heavy atom. The van der Waals surface area contributed by atoms with Gasteiger partial charge in [-0.15, -0.1) is 0 Å². The molecule has 1 aromatic heterocycles. The van der Waals surface area contributed by atoms with Gasteiger partial charge in [0.15, 0.2) is 5.13 Å². The molecule has 0 aliphatic heterocycles. The summed E-state index contributed by atoms with van der Waals surface area (Å²) in [6.07, 6.45) is 0. The minimum Gasteiger partial charge on any atom is -0.308 e. The maximum Gasteiger partial charge on any atom is 0.325 e. The Morgan fingerprint density at radius 3 is 1.74 bits per heavy atom. The van der Waals surface area contributed by atoms with Crippen molar-refractivity contribution in [2.75, 3.05) is 21.3 Å². The van der Waals surface area contributed by atoms with Crippen molar-refractivity contribution in [2.45, 2.75) is 0 Å². The normalized spacial score (nSPS) is 10.5. The Hall–Kier alpha value is -3.33. The number of anilines is 4. The van der Waals surface area contributed by atoms with Crippen LogP contribution < -0.4 is 21.3 Å². The van der Waals surface area contributed by atoms with Gasteiger partial charge in [-0.1, -0.05) is 34.5 Å². The SMILES string of the molecule is O=C(Nc1ccc(Cl)cc1)Nc1ccc2nc(NC(=O)Nc3ccc(Cl)cc3)sc2c1. The second-order valence-electron chi connectivity index (χ2n) is 6.37. The van der Waals surface area contributed by atoms with Crippen LogP contribution in [0.2, 0.25) is 10.0 Å². The highest BCUT2D eigenvalue weighted by Crippen LogP contribution is 2.28. The summed E-state index contributed by atoms with van der Waals surface area (Å²) in [5.41, 5.74) is 2.54. The van der Waals surface area contributed by atoms with Gasteiger partial charge in [0.05, 0.1) is 10.2 Å². The lowest BCUT2D eigenvalue weighted by molar-refractivity contribution is 0.261. The number of nitrogens with zero attached hydrogens (tertiary/aromatic N) is 1. The van der Waals surface area contributed by atoms with Crippen LogP contribution >= 0.6 is 34.5 Å². The van der Waals surface area contributed by atoms with E-state index in [-0.39, 0.29) is 6.03 Å². The molecule has 0 saturated carbocycles. The maximum absolute atomic E-state index is 12.2. The quantitative estimate of drug-likeness (QED) is 0.260. The van der Waals surface area contributed by atoms with E-state index in [1.807, 2.05) is 0 Å². The fraction of sp³-hybridized carbons (Fsp3) is 0. The summed E-state index contributed by atoms with van der Waals surface area (Å²) < 4.78 is 0.811. The molecule has 3 aromatic carbocycles. The molecule has 4 N–H and O–H groups in total. The predicted octanol–water partition coefficient (Wildman–Crippen LogP) is 6.89. The van der Waals surface area contributed by atoms with Crippen molar-refractivity contribution in [3.63, 3.8) is 0 Å². The van der Waals surface area contributed by atoms with Crippen molar-refractivity contribution in [1.82, 2.24) is 4.98 Å². The van der Waals surface area contributed by atoms with E-state index in [0.717, 1.165) is 4.70 Å². The van der Waals surface area contributed by atoms with Crippen molar-refractivity contribution in [1.29, 1.82) is 0 Å². The molecule has 0 fully saturated rings. The van der Waals surface area contributed by atoms with Crippen LogP contribution in [0.5, 0.6) is 0 Å². The molecule has 1 heterocycles. The molecule has 0 bridgehead atoms. The van der Waals surface area contributed by atoms with Gasteiger partial charge in [-0.05, 0) is 66.7 Å². The van der Waals surface area contributed by atoms with Crippen LogP contribution in [0.15, 0.2) is 66.7 Å². The molecule has 0 aliphatic rings. The zero-order chi connectivity index (χ0) is 21.8. The third kappa shape index (κ3) is 5.64. The summed E-state index contributed by atoms with van der Waals surface area (Å²) in [5, 5.41) is 12.5. The van der Waals surface area contributed by atoms with E-state index < -0.39 is 6.03 Å². The second kappa shape index (κ2) is 9.22. The van der Waals surface area contributed by atoms with Crippen LogP contribution in [-0.2, 0) is 0 Å². The van der Waals surface area contributed by atoms with E-state index in [4.69, 9.17) is 23.2 Å². The number of thiazole rings is 1. The van der Waals surface area contributed by atoms with Crippen LogP contribution in [0.4, 0.5) is 31.8 Å². The number of hydrogen-bond donors (Lipinski definition) is 4. The topological polar surface area (TPSA) is 95.2 Å². The fourth-order valence-electron chi connectivity index (χ4n) is 2.68. The zero-order valence-electron chi connectivity index (χ0n) is 15.8. The number of nitrogens with one attached hydrogen (secondary N) is 4. The Balaban J connectivity index is 1.39. The number of aromatic nitrogens is 1. The van der Waals surface area contributed by atoms with Crippen molar-refractivity contribution < 1.29 is 9.59 Å². The Bertz CT molecular complexity index is 1180. The van der Waals surface area contributed by atoms with Crippen LogP contribution in [0.3, 0.4) is 0 Å². The molecule has 31 heavy (non-hydrogen) atoms. The zero-order valence-corrected chi connectivity index (χ0v) is 18.1. The second-order valence-corrected chi connectivity index (χ2v) is 8.28. The van der Waals surface area contributed by atoms with Crippen molar-refractivity contribution in [3.05, 3.63) is 76.8 Å². The van der Waals surface area contributed by atoms with Gasteiger partial charge in [0.1, 0.15) is 0 Å². The van der Waals surface area contributed by atoms with E-state index >= 15 is 0 Å². The highest BCUT2D eigenvalue weighted by atomic mass is 35.5. The Kier molecular flexibility index (Phi) is 6.22. The maximum atomic E-state index is 12.2. The minimum atomic E-state index is -0.415. The van der Waals surface area contributed by atoms with Crippen LogP contribution in [0.25, 0.3) is 10.2 Å². The van der Waals surface area contributed by atoms with Gasteiger partial charge in [0.2, 0.25) is 0 Å². The average Bonchev–Trinajstić information content (AvgIpc) is 3.12. The molecule has 156 valence electrons. The van der Waals surface area contributed by atoms with Crippen LogP contribution in [0.1, 0.15) is 0 Å². The first kappa shape index (κ1) is 20.9. The number of benzene rings is 3. The fourth-order valence-corrected chi connectivity index (χ4v) is 3.83. The van der Waals surface area contributed by atoms with Gasteiger partial charge in [0, 0.05) is 27.1 Å². The lowest BCUT2D eigenvalue weighted by Crippen LogP contribution is -2.19. The molecule has 0 spiro atoms. The van der Waals surface area contributed by atoms with Gasteiger partial charge in [-0.25, -0.2) is 14.6 Å². The molecule has 4 rings (SSSR count). The summed E-state index contributed by atoms with van der Waals surface area (Å²) in [7, 11) is 0. The predicted molar refractivity (Wildman–Crippen MR) is 128 cm³/mol. The number of carbonyl (C=O) groups is 2. The van der Waals surface area contributed by atoms with E-state index in [0.29, 0.717) is 37.8 Å². The Morgan fingerprint density at radius 1 is 0.677 bits per heavy atom. The molecule has 7 nitrogen and oxygen atoms in total. The molecule has 4 amide bonds. The van der Waals surface area contributed by atoms with Crippen molar-refractivity contribution in [3.8, 4) is 0 Å². The van der Waals surface area contributed by atoms with Gasteiger partial charge in [0.25, 0.3) is 0 Å². The molecule has 10 heteroatoms. The average molecular weight is 472 g/mol. The van der Waals surface area contributed by atoms with E-state index in [1.165, 1.54) is 11.3 Å². The lowest BCUT2D eigenvalue weighted by Gasteiger charge is -2.07. The molecular formula is C21H15Cl2N5O2S. The number of amides is 4. The van der Waals surface area contributed by atoms with Crippen LogP contribution in [0, 0.1) is 0 Å². The molecule has 0 unspecified atom stereocenters. The largest absolute Gasteiger partial charge is 0.325 e. The molecule has 0 saturated heterocycles. The van der Waals surface area contributed by atoms with Crippen LogP contribution in [-0.4, -0.2) is 17.0 Å². The number of carbonyl (C=O) groups excluding carboxylic acids is 2. The number of halogens is 2. The van der Waals surface area contributed by atoms with Gasteiger partial charge in [-0.3, -0.25) is 5.32 Å². The van der Waals surface area contributed by atoms with Gasteiger partial charge >= 0.3 is 12.1 Å². The molecular weight excluding hydrogens is 457 g/mol. The summed E-state index contributed by atoms with van der Waals surface area (Å²) in [4.78, 5) is 28.8. The summed E-state index contributed by atoms with van der Waals surface area (Å²) in [6, 6.07) is 18.1. The highest BCUT2D eigenvalue weighted by molar-refractivity contribution is 7.22. The monoisotopic (exact) mass is 471 g/mol. The Labute approximate surface area is 191 Å². The number of hydrogen-bond acceptors (Lipinski definition) is 4. The minimum absolute atomic E-state index is 0.383. The number of rotatable bonds is 4. The summed E-state index contributed by atoms with van der Waals surface area (Å²) in [6.45, 7) is 0. The van der Waals surface area contributed by atoms with Crippen molar-refractivity contribution in [2.24, 2.45) is 0 Å². The molecule has 0 aliphatic carbocycles. The van der Waals surface area contributed by atoms with E-state index in [2.05, 4.69) is 26.3 Å². The third-order valence-electron chi connectivity index (χ3n) is 4.07. The standard InChI is InChI=1S/C21H15Cl2N5O2S/c22-12-1-5-14(6-2-12)24-19(29)26-16-9-10-17-18(11-16)31-21(27-17)28-20(30)25-15-7-3-13(23)4-8-15/h1-11H,(H2,24,26,29)(H2,25,27,28,30). The van der Waals surface area contributed by atoms with Gasteiger partial charge < -0.3 is 16.0 Å². The third-order valence-corrected chi connectivity index (χ3v) is 5.51. The number of fused-ring (bicyclic) bond motifs is 1. The van der Waals surface area contributed by atoms with E-state index in [1.54, 1.807) is 66.7 Å². The first-order chi connectivity index (χ1) is 14.9. The summed E-state index contributed by atoms with van der Waals surface area (Å²) in [5.74, 6) is 0. The summed E-state index contributed by atoms with van der Waals surface area (Å²) >= 11 is 13.0.